The number of unbranched alkanes of at least 4 members (excludes halogenated alkanes) is 1. The number of rotatable bonds is 9. The fourth-order valence-corrected chi connectivity index (χ4v) is 2.58. The van der Waals surface area contributed by atoms with E-state index >= 15 is 0 Å². The van der Waals surface area contributed by atoms with E-state index in [0.717, 1.165) is 10.6 Å². The number of hydrogen-bond acceptors (Lipinski definition) is 5. The molecule has 0 aromatic heterocycles. The largest absolute Gasteiger partial charge is 0.464 e. The zero-order chi connectivity index (χ0) is 21.2. The molecule has 0 aliphatic carbocycles. The van der Waals surface area contributed by atoms with E-state index in [1.165, 1.54) is 0 Å². The third-order valence-corrected chi connectivity index (χ3v) is 4.00. The second kappa shape index (κ2) is 11.5. The van der Waals surface area contributed by atoms with Crippen LogP contribution in [-0.4, -0.2) is 56.9 Å². The van der Waals surface area contributed by atoms with Gasteiger partial charge < -0.3 is 20.1 Å². The van der Waals surface area contributed by atoms with E-state index in [1.807, 2.05) is 30.3 Å². The summed E-state index contributed by atoms with van der Waals surface area (Å²) in [6.45, 7) is 5.11. The van der Waals surface area contributed by atoms with Gasteiger partial charge in [-0.1, -0.05) is 30.3 Å². The molecule has 0 heterocycles. The molecule has 8 nitrogen and oxygen atoms in total. The van der Waals surface area contributed by atoms with Crippen molar-refractivity contribution in [3.63, 3.8) is 0 Å². The van der Waals surface area contributed by atoms with E-state index in [0.29, 0.717) is 32.1 Å². The van der Waals surface area contributed by atoms with Crippen LogP contribution >= 0.6 is 0 Å². The molecule has 2 atom stereocenters. The van der Waals surface area contributed by atoms with Crippen molar-refractivity contribution in [3.8, 4) is 0 Å². The molecule has 2 amide bonds. The van der Waals surface area contributed by atoms with Gasteiger partial charge in [0.25, 0.3) is 0 Å². The molecule has 0 spiro atoms. The van der Waals surface area contributed by atoms with Crippen LogP contribution in [-0.2, 0) is 11.2 Å². The van der Waals surface area contributed by atoms with E-state index in [-0.39, 0.29) is 6.54 Å². The molecule has 0 aliphatic rings. The summed E-state index contributed by atoms with van der Waals surface area (Å²) in [6.07, 6.45) is -1.46. The van der Waals surface area contributed by atoms with Gasteiger partial charge in [0.1, 0.15) is 5.60 Å². The average molecular weight is 396 g/mol. The maximum atomic E-state index is 11.7. The highest BCUT2D eigenvalue weighted by Crippen LogP contribution is 2.12. The highest BCUT2D eigenvalue weighted by atomic mass is 16.6. The average Bonchev–Trinajstić information content (AvgIpc) is 2.61. The van der Waals surface area contributed by atoms with Crippen LogP contribution in [0.1, 0.15) is 52.0 Å². The van der Waals surface area contributed by atoms with Crippen molar-refractivity contribution < 1.29 is 29.6 Å². The number of nitrogens with zero attached hydrogens (tertiary/aromatic N) is 1. The van der Waals surface area contributed by atoms with Crippen LogP contribution in [0.2, 0.25) is 0 Å². The molecule has 1 aromatic rings. The van der Waals surface area contributed by atoms with Gasteiger partial charge in [-0.15, -0.1) is 0 Å². The molecular weight excluding hydrogens is 364 g/mol. The predicted molar refractivity (Wildman–Crippen MR) is 105 cm³/mol. The van der Waals surface area contributed by atoms with Gasteiger partial charge in [0, 0.05) is 6.54 Å². The number of hydrogen-bond donors (Lipinski definition) is 4. The number of nitrogens with one attached hydrogen (secondary N) is 1. The number of aliphatic hydroxyl groups excluding tert-OH is 2. The maximum Gasteiger partial charge on any atom is 0.426 e. The minimum absolute atomic E-state index is 0.0570. The number of aliphatic hydroxyl groups is 2. The van der Waals surface area contributed by atoms with Gasteiger partial charge in [-0.05, 0) is 58.4 Å². The predicted octanol–water partition coefficient (Wildman–Crippen LogP) is 2.93. The van der Waals surface area contributed by atoms with Crippen molar-refractivity contribution in [2.24, 2.45) is 0 Å². The zero-order valence-corrected chi connectivity index (χ0v) is 16.8. The maximum absolute atomic E-state index is 11.7. The van der Waals surface area contributed by atoms with E-state index in [2.05, 4.69) is 5.43 Å². The lowest BCUT2D eigenvalue weighted by atomic mass is 10.0. The molecule has 2 unspecified atom stereocenters. The molecule has 28 heavy (non-hydrogen) atoms. The number of hydrazine groups is 1. The summed E-state index contributed by atoms with van der Waals surface area (Å²) in [4.78, 5) is 22.9. The smallest absolute Gasteiger partial charge is 0.426 e. The molecule has 1 aromatic carbocycles. The first-order valence-electron chi connectivity index (χ1n) is 9.48. The molecule has 158 valence electrons. The molecule has 0 bridgehead atoms. The van der Waals surface area contributed by atoms with Crippen molar-refractivity contribution in [1.29, 1.82) is 0 Å². The van der Waals surface area contributed by atoms with Crippen molar-refractivity contribution in [2.45, 2.75) is 70.7 Å². The Hall–Kier alpha value is -2.32. The van der Waals surface area contributed by atoms with Gasteiger partial charge in [-0.2, -0.15) is 0 Å². The van der Waals surface area contributed by atoms with Crippen LogP contribution < -0.4 is 5.43 Å². The first kappa shape index (κ1) is 23.7. The summed E-state index contributed by atoms with van der Waals surface area (Å²) in [6, 6.07) is 9.72. The van der Waals surface area contributed by atoms with Gasteiger partial charge in [-0.3, -0.25) is 0 Å². The minimum atomic E-state index is -1.30. The molecule has 8 heteroatoms. The van der Waals surface area contributed by atoms with Crippen molar-refractivity contribution >= 4 is 12.2 Å². The van der Waals surface area contributed by atoms with Crippen LogP contribution in [0, 0.1) is 0 Å². The Balaban J connectivity index is 2.29. The van der Waals surface area contributed by atoms with Gasteiger partial charge in [0.05, 0.1) is 12.2 Å². The Labute approximate surface area is 166 Å². The number of amides is 2. The first-order valence-corrected chi connectivity index (χ1v) is 9.48. The fraction of sp³-hybridized carbons (Fsp3) is 0.600. The van der Waals surface area contributed by atoms with E-state index in [9.17, 15) is 19.8 Å². The molecule has 0 saturated heterocycles. The number of carboxylic acid groups (broad SMARTS) is 1. The Morgan fingerprint density at radius 1 is 1.07 bits per heavy atom. The zero-order valence-electron chi connectivity index (χ0n) is 16.8. The molecule has 0 fully saturated rings. The highest BCUT2D eigenvalue weighted by Gasteiger charge is 2.21. The lowest BCUT2D eigenvalue weighted by Crippen LogP contribution is -2.47. The van der Waals surface area contributed by atoms with Crippen LogP contribution in [0.25, 0.3) is 0 Å². The summed E-state index contributed by atoms with van der Waals surface area (Å²) < 4.78 is 5.03. The van der Waals surface area contributed by atoms with E-state index < -0.39 is 30.0 Å². The Bertz CT molecular complexity index is 602. The number of benzene rings is 1. The lowest BCUT2D eigenvalue weighted by Gasteiger charge is -2.24. The van der Waals surface area contributed by atoms with Crippen LogP contribution in [0.3, 0.4) is 0 Å². The Morgan fingerprint density at radius 3 is 2.25 bits per heavy atom. The molecule has 0 aliphatic heterocycles. The molecule has 1 rings (SSSR count). The van der Waals surface area contributed by atoms with Crippen LogP contribution in [0.15, 0.2) is 30.3 Å². The Kier molecular flexibility index (Phi) is 9.75. The molecule has 0 saturated carbocycles. The topological polar surface area (TPSA) is 119 Å². The summed E-state index contributed by atoms with van der Waals surface area (Å²) >= 11 is 0. The van der Waals surface area contributed by atoms with E-state index in [4.69, 9.17) is 9.84 Å². The summed E-state index contributed by atoms with van der Waals surface area (Å²) in [5, 5.41) is 30.1. The van der Waals surface area contributed by atoms with Crippen LogP contribution in [0.4, 0.5) is 9.59 Å². The SMILES string of the molecule is CC(C)(C)OC(=O)NN(CCCCC(O)C(O)CCc1ccccc1)C(=O)O. The normalized spacial score (nSPS) is 13.5. The second-order valence-electron chi connectivity index (χ2n) is 7.70. The number of carbonyl (C=O) groups is 2. The third kappa shape index (κ3) is 10.1. The third-order valence-electron chi connectivity index (χ3n) is 4.00. The van der Waals surface area contributed by atoms with Crippen molar-refractivity contribution in [3.05, 3.63) is 35.9 Å². The van der Waals surface area contributed by atoms with E-state index in [1.54, 1.807) is 20.8 Å². The highest BCUT2D eigenvalue weighted by molar-refractivity contribution is 5.73. The standard InChI is InChI=1S/C20H32N2O6/c1-20(2,3)28-18(25)21-22(19(26)27)14-8-7-11-16(23)17(24)13-12-15-9-5-4-6-10-15/h4-6,9-10,16-17,23-24H,7-8,11-14H2,1-3H3,(H,21,25)(H,26,27). The van der Waals surface area contributed by atoms with Gasteiger partial charge in [0.15, 0.2) is 0 Å². The van der Waals surface area contributed by atoms with Crippen molar-refractivity contribution in [2.75, 3.05) is 6.54 Å². The molecular formula is C20H32N2O6. The second-order valence-corrected chi connectivity index (χ2v) is 7.70. The molecule has 0 radical (unpaired) electrons. The monoisotopic (exact) mass is 396 g/mol. The fourth-order valence-electron chi connectivity index (χ4n) is 2.58. The van der Waals surface area contributed by atoms with Crippen molar-refractivity contribution in [1.82, 2.24) is 10.4 Å². The van der Waals surface area contributed by atoms with Gasteiger partial charge in [0.2, 0.25) is 0 Å². The van der Waals surface area contributed by atoms with Gasteiger partial charge in [-0.25, -0.2) is 20.0 Å². The Morgan fingerprint density at radius 2 is 1.68 bits per heavy atom. The number of ether oxygens (including phenoxy) is 1. The summed E-state index contributed by atoms with van der Waals surface area (Å²) in [5.41, 5.74) is 2.55. The summed E-state index contributed by atoms with van der Waals surface area (Å²) in [7, 11) is 0. The van der Waals surface area contributed by atoms with Crippen LogP contribution in [0.5, 0.6) is 0 Å². The molecule has 4 N–H and O–H groups in total. The van der Waals surface area contributed by atoms with Gasteiger partial charge >= 0.3 is 12.2 Å². The number of aryl methyl sites for hydroxylation is 1. The minimum Gasteiger partial charge on any atom is -0.464 e. The lowest BCUT2D eigenvalue weighted by molar-refractivity contribution is 0.00793. The summed E-state index contributed by atoms with van der Waals surface area (Å²) in [5.74, 6) is 0. The number of carbonyl (C=O) groups excluding carboxylic acids is 1. The first-order chi connectivity index (χ1) is 13.1. The quantitative estimate of drug-likeness (QED) is 0.376.